The molecule has 8 heteroatoms. The first-order valence-corrected chi connectivity index (χ1v) is 12.3. The topological polar surface area (TPSA) is 78.0 Å². The Bertz CT molecular complexity index is 1150. The lowest BCUT2D eigenvalue weighted by atomic mass is 9.84. The third kappa shape index (κ3) is 3.82. The molecule has 1 aliphatic heterocycles. The molecule has 0 unspecified atom stereocenters. The van der Waals surface area contributed by atoms with Crippen molar-refractivity contribution in [2.75, 3.05) is 30.4 Å². The van der Waals surface area contributed by atoms with E-state index in [2.05, 4.69) is 0 Å². The zero-order chi connectivity index (χ0) is 23.2. The monoisotopic (exact) mass is 455 g/mol. The zero-order valence-electron chi connectivity index (χ0n) is 18.9. The van der Waals surface area contributed by atoms with Crippen molar-refractivity contribution >= 4 is 33.2 Å². The molecule has 1 atom stereocenters. The summed E-state index contributed by atoms with van der Waals surface area (Å²) in [6.07, 6.45) is 2.91. The van der Waals surface area contributed by atoms with Gasteiger partial charge in [0.2, 0.25) is 21.8 Å². The number of hydrogen-bond acceptors (Lipinski definition) is 4. The minimum Gasteiger partial charge on any atom is -0.308 e. The largest absolute Gasteiger partial charge is 0.308 e. The molecule has 170 valence electrons. The van der Waals surface area contributed by atoms with Gasteiger partial charge in [-0.3, -0.25) is 9.59 Å². The van der Waals surface area contributed by atoms with Gasteiger partial charge < -0.3 is 9.80 Å². The van der Waals surface area contributed by atoms with E-state index in [9.17, 15) is 18.0 Å². The van der Waals surface area contributed by atoms with Crippen molar-refractivity contribution in [2.24, 2.45) is 5.92 Å². The van der Waals surface area contributed by atoms with E-state index < -0.39 is 10.0 Å². The Morgan fingerprint density at radius 1 is 0.969 bits per heavy atom. The summed E-state index contributed by atoms with van der Waals surface area (Å²) in [5, 5.41) is 0. The smallest absolute Gasteiger partial charge is 0.242 e. The van der Waals surface area contributed by atoms with Crippen molar-refractivity contribution in [3.05, 3.63) is 42.5 Å². The molecule has 2 aromatic carbocycles. The number of hydrogen-bond donors (Lipinski definition) is 0. The Labute approximate surface area is 189 Å². The molecule has 0 N–H and O–H groups in total. The van der Waals surface area contributed by atoms with Crippen LogP contribution in [0.2, 0.25) is 0 Å². The van der Waals surface area contributed by atoms with Crippen molar-refractivity contribution in [1.82, 2.24) is 4.31 Å². The SMILES string of the molecule is CC(=O)N1c2ccc(-c3ccc(S(=O)(=O)N(C)C)cc3)cc2N(C(=O)C2CCC2)C[C@@H]1C. The number of carbonyl (C=O) groups excluding carboxylic acids is 2. The molecule has 0 radical (unpaired) electrons. The van der Waals surface area contributed by atoms with Gasteiger partial charge in [-0.1, -0.05) is 24.6 Å². The van der Waals surface area contributed by atoms with E-state index in [1.54, 1.807) is 36.1 Å². The van der Waals surface area contributed by atoms with Crippen LogP contribution in [0.5, 0.6) is 0 Å². The van der Waals surface area contributed by atoms with Crippen LogP contribution >= 0.6 is 0 Å². The molecule has 0 saturated heterocycles. The molecule has 2 amide bonds. The van der Waals surface area contributed by atoms with Crippen molar-refractivity contribution in [2.45, 2.75) is 44.0 Å². The fourth-order valence-electron chi connectivity index (χ4n) is 4.40. The van der Waals surface area contributed by atoms with Gasteiger partial charge in [-0.2, -0.15) is 0 Å². The van der Waals surface area contributed by atoms with Gasteiger partial charge in [0.15, 0.2) is 0 Å². The Morgan fingerprint density at radius 3 is 2.12 bits per heavy atom. The second-order valence-electron chi connectivity index (χ2n) is 8.83. The summed E-state index contributed by atoms with van der Waals surface area (Å²) in [5.41, 5.74) is 3.17. The maximum Gasteiger partial charge on any atom is 0.242 e. The highest BCUT2D eigenvalue weighted by Gasteiger charge is 2.37. The summed E-state index contributed by atoms with van der Waals surface area (Å²) in [4.78, 5) is 29.3. The van der Waals surface area contributed by atoms with Gasteiger partial charge in [-0.25, -0.2) is 12.7 Å². The number of fused-ring (bicyclic) bond motifs is 1. The van der Waals surface area contributed by atoms with E-state index in [1.165, 1.54) is 18.4 Å². The minimum absolute atomic E-state index is 0.0538. The van der Waals surface area contributed by atoms with Crippen LogP contribution in [0.4, 0.5) is 11.4 Å². The van der Waals surface area contributed by atoms with E-state index in [0.717, 1.165) is 41.8 Å². The van der Waals surface area contributed by atoms with Gasteiger partial charge in [0.05, 0.1) is 22.3 Å². The quantitative estimate of drug-likeness (QED) is 0.707. The lowest BCUT2D eigenvalue weighted by Gasteiger charge is -2.43. The third-order valence-electron chi connectivity index (χ3n) is 6.44. The number of amides is 2. The highest BCUT2D eigenvalue weighted by molar-refractivity contribution is 7.89. The molecule has 4 rings (SSSR count). The maximum absolute atomic E-state index is 13.2. The first-order valence-electron chi connectivity index (χ1n) is 10.9. The Kier molecular flexibility index (Phi) is 5.85. The van der Waals surface area contributed by atoms with Crippen molar-refractivity contribution in [3.8, 4) is 11.1 Å². The molecule has 2 aromatic rings. The Hall–Kier alpha value is -2.71. The standard InChI is InChI=1S/C24H29N3O4S/c1-16-15-26(24(29)19-6-5-7-19)23-14-20(10-13-22(23)27(16)17(2)28)18-8-11-21(12-9-18)32(30,31)25(3)4/h8-14,16,19H,5-7,15H2,1-4H3/t16-/m0/s1. The van der Waals surface area contributed by atoms with Crippen LogP contribution in [-0.4, -0.2) is 51.2 Å². The number of rotatable bonds is 4. The van der Waals surface area contributed by atoms with Crippen LogP contribution in [0.1, 0.15) is 33.1 Å². The minimum atomic E-state index is -3.50. The summed E-state index contributed by atoms with van der Waals surface area (Å²) in [6.45, 7) is 3.97. The van der Waals surface area contributed by atoms with E-state index >= 15 is 0 Å². The summed E-state index contributed by atoms with van der Waals surface area (Å²) >= 11 is 0. The summed E-state index contributed by atoms with van der Waals surface area (Å²) in [7, 11) is -0.499. The lowest BCUT2D eigenvalue weighted by molar-refractivity contribution is -0.125. The normalized spacial score (nSPS) is 19.0. The van der Waals surface area contributed by atoms with E-state index in [1.807, 2.05) is 30.0 Å². The average Bonchev–Trinajstić information content (AvgIpc) is 2.71. The van der Waals surface area contributed by atoms with E-state index in [0.29, 0.717) is 6.54 Å². The molecule has 2 aliphatic rings. The summed E-state index contributed by atoms with van der Waals surface area (Å²) in [6, 6.07) is 12.3. The van der Waals surface area contributed by atoms with Gasteiger partial charge in [0, 0.05) is 33.5 Å². The summed E-state index contributed by atoms with van der Waals surface area (Å²) in [5.74, 6) is 0.121. The molecule has 0 aromatic heterocycles. The van der Waals surface area contributed by atoms with E-state index in [-0.39, 0.29) is 28.7 Å². The molecule has 1 heterocycles. The van der Waals surface area contributed by atoms with Crippen molar-refractivity contribution < 1.29 is 18.0 Å². The molecule has 32 heavy (non-hydrogen) atoms. The van der Waals surface area contributed by atoms with Crippen LogP contribution in [0.15, 0.2) is 47.4 Å². The van der Waals surface area contributed by atoms with Gasteiger partial charge in [0.25, 0.3) is 0 Å². The highest BCUT2D eigenvalue weighted by Crippen LogP contribution is 2.41. The second kappa shape index (κ2) is 8.33. The zero-order valence-corrected chi connectivity index (χ0v) is 19.7. The maximum atomic E-state index is 13.2. The van der Waals surface area contributed by atoms with Gasteiger partial charge in [-0.05, 0) is 55.2 Å². The Balaban J connectivity index is 1.75. The van der Waals surface area contributed by atoms with Crippen molar-refractivity contribution in [3.63, 3.8) is 0 Å². The molecule has 1 aliphatic carbocycles. The average molecular weight is 456 g/mol. The molecule has 7 nitrogen and oxygen atoms in total. The highest BCUT2D eigenvalue weighted by atomic mass is 32.2. The number of nitrogens with zero attached hydrogens (tertiary/aromatic N) is 3. The molecule has 1 fully saturated rings. The van der Waals surface area contributed by atoms with Crippen molar-refractivity contribution in [1.29, 1.82) is 0 Å². The van der Waals surface area contributed by atoms with Crippen LogP contribution in [0.25, 0.3) is 11.1 Å². The van der Waals surface area contributed by atoms with Crippen LogP contribution in [0, 0.1) is 5.92 Å². The predicted molar refractivity (Wildman–Crippen MR) is 125 cm³/mol. The Morgan fingerprint density at radius 2 is 1.59 bits per heavy atom. The summed E-state index contributed by atoms with van der Waals surface area (Å²) < 4.78 is 25.9. The number of benzene rings is 2. The van der Waals surface area contributed by atoms with Crippen LogP contribution in [0.3, 0.4) is 0 Å². The fourth-order valence-corrected chi connectivity index (χ4v) is 5.30. The molecular formula is C24H29N3O4S. The number of anilines is 2. The first kappa shape index (κ1) is 22.5. The van der Waals surface area contributed by atoms with Gasteiger partial charge >= 0.3 is 0 Å². The second-order valence-corrected chi connectivity index (χ2v) is 11.0. The fraction of sp³-hybridized carbons (Fsp3) is 0.417. The van der Waals surface area contributed by atoms with Gasteiger partial charge in [0.1, 0.15) is 0 Å². The first-order chi connectivity index (χ1) is 15.1. The number of sulfonamides is 1. The van der Waals surface area contributed by atoms with Crippen LogP contribution < -0.4 is 9.80 Å². The van der Waals surface area contributed by atoms with Gasteiger partial charge in [-0.15, -0.1) is 0 Å². The molecular weight excluding hydrogens is 426 g/mol. The van der Waals surface area contributed by atoms with E-state index in [4.69, 9.17) is 0 Å². The van der Waals surface area contributed by atoms with Crippen LogP contribution in [-0.2, 0) is 19.6 Å². The number of carbonyl (C=O) groups is 2. The lowest BCUT2D eigenvalue weighted by Crippen LogP contribution is -2.53. The molecule has 0 bridgehead atoms. The molecule has 0 spiro atoms. The predicted octanol–water partition coefficient (Wildman–Crippen LogP) is 3.49. The third-order valence-corrected chi connectivity index (χ3v) is 8.27. The molecule has 1 saturated carbocycles.